The van der Waals surface area contributed by atoms with Crippen molar-refractivity contribution >= 4 is 17.7 Å². The molecule has 1 unspecified atom stereocenters. The van der Waals surface area contributed by atoms with Crippen LogP contribution in [0.5, 0.6) is 0 Å². The molecule has 3 amide bonds. The first-order valence-electron chi connectivity index (χ1n) is 9.91. The van der Waals surface area contributed by atoms with Crippen LogP contribution in [-0.2, 0) is 22.7 Å². The summed E-state index contributed by atoms with van der Waals surface area (Å²) in [4.78, 5) is 39.6. The van der Waals surface area contributed by atoms with E-state index < -0.39 is 18.4 Å². The minimum atomic E-state index is -2.41. The summed E-state index contributed by atoms with van der Waals surface area (Å²) in [6.07, 6.45) is -1.05. The summed E-state index contributed by atoms with van der Waals surface area (Å²) in [7, 11) is 0. The number of fused-ring (bicyclic) bond motifs is 1. The van der Waals surface area contributed by atoms with Crippen LogP contribution >= 0.6 is 0 Å². The molecular weight excluding hydrogens is 382 g/mol. The summed E-state index contributed by atoms with van der Waals surface area (Å²) in [5.74, 6) is -0.997. The van der Waals surface area contributed by atoms with Gasteiger partial charge in [-0.3, -0.25) is 24.6 Å². The Morgan fingerprint density at radius 2 is 2.03 bits per heavy atom. The van der Waals surface area contributed by atoms with E-state index in [2.05, 4.69) is 10.6 Å². The van der Waals surface area contributed by atoms with Gasteiger partial charge in [0, 0.05) is 37.7 Å². The summed E-state index contributed by atoms with van der Waals surface area (Å²) < 4.78 is 26.1. The number of piperidine rings is 1. The number of carbonyl (C=O) groups excluding carboxylic acids is 3. The Bertz CT molecular complexity index is 826. The van der Waals surface area contributed by atoms with E-state index in [9.17, 15) is 23.2 Å². The van der Waals surface area contributed by atoms with Crippen molar-refractivity contribution < 1.29 is 23.2 Å². The Balaban J connectivity index is 1.49. The monoisotopic (exact) mass is 406 g/mol. The van der Waals surface area contributed by atoms with Gasteiger partial charge in [-0.2, -0.15) is 0 Å². The average molecular weight is 406 g/mol. The predicted octanol–water partition coefficient (Wildman–Crippen LogP) is 0.877. The van der Waals surface area contributed by atoms with E-state index in [0.29, 0.717) is 25.1 Å². The molecular formula is C20H24F2N4O3. The van der Waals surface area contributed by atoms with Crippen LogP contribution in [0.2, 0.25) is 0 Å². The smallest absolute Gasteiger partial charge is 0.255 e. The van der Waals surface area contributed by atoms with Crippen LogP contribution in [0.15, 0.2) is 18.2 Å². The molecule has 2 saturated heterocycles. The lowest BCUT2D eigenvalue weighted by Gasteiger charge is -2.29. The molecule has 0 spiro atoms. The minimum absolute atomic E-state index is 0.0684. The normalized spacial score (nSPS) is 24.6. The van der Waals surface area contributed by atoms with Crippen molar-refractivity contribution in [1.29, 1.82) is 0 Å². The van der Waals surface area contributed by atoms with Gasteiger partial charge < -0.3 is 10.2 Å². The molecule has 2 atom stereocenters. The third-order valence-corrected chi connectivity index (χ3v) is 5.90. The fraction of sp³-hybridized carbons (Fsp3) is 0.550. The highest BCUT2D eigenvalue weighted by Gasteiger charge is 2.39. The van der Waals surface area contributed by atoms with Crippen LogP contribution in [0.25, 0.3) is 0 Å². The zero-order valence-corrected chi connectivity index (χ0v) is 16.0. The van der Waals surface area contributed by atoms with Crippen molar-refractivity contribution in [1.82, 2.24) is 20.4 Å². The Kier molecular flexibility index (Phi) is 5.60. The molecule has 0 saturated carbocycles. The molecule has 2 fully saturated rings. The van der Waals surface area contributed by atoms with Crippen LogP contribution in [0, 0.1) is 0 Å². The van der Waals surface area contributed by atoms with Gasteiger partial charge in [0.2, 0.25) is 11.8 Å². The predicted molar refractivity (Wildman–Crippen MR) is 100 cm³/mol. The molecule has 29 heavy (non-hydrogen) atoms. The van der Waals surface area contributed by atoms with Gasteiger partial charge in [0.1, 0.15) is 6.04 Å². The first-order valence-corrected chi connectivity index (χ1v) is 9.91. The van der Waals surface area contributed by atoms with Crippen LogP contribution in [-0.4, -0.2) is 65.7 Å². The van der Waals surface area contributed by atoms with Crippen molar-refractivity contribution in [3.8, 4) is 0 Å². The van der Waals surface area contributed by atoms with Crippen molar-refractivity contribution in [3.63, 3.8) is 0 Å². The molecule has 0 aliphatic carbocycles. The first kappa shape index (κ1) is 19.9. The Morgan fingerprint density at radius 3 is 2.72 bits per heavy atom. The molecule has 3 aliphatic rings. The van der Waals surface area contributed by atoms with E-state index in [4.69, 9.17) is 0 Å². The van der Waals surface area contributed by atoms with E-state index >= 15 is 0 Å². The quantitative estimate of drug-likeness (QED) is 0.686. The molecule has 0 radical (unpaired) electrons. The van der Waals surface area contributed by atoms with Gasteiger partial charge in [-0.25, -0.2) is 8.78 Å². The van der Waals surface area contributed by atoms with Gasteiger partial charge in [0.25, 0.3) is 12.3 Å². The lowest BCUT2D eigenvalue weighted by molar-refractivity contribution is -0.136. The van der Waals surface area contributed by atoms with Gasteiger partial charge in [0.05, 0.1) is 6.54 Å². The van der Waals surface area contributed by atoms with E-state index in [0.717, 1.165) is 24.1 Å². The lowest BCUT2D eigenvalue weighted by atomic mass is 10.0. The van der Waals surface area contributed by atoms with Gasteiger partial charge in [-0.15, -0.1) is 0 Å². The number of benzene rings is 1. The fourth-order valence-electron chi connectivity index (χ4n) is 4.43. The third kappa shape index (κ3) is 4.16. The molecule has 156 valence electrons. The van der Waals surface area contributed by atoms with E-state index in [-0.39, 0.29) is 37.4 Å². The highest BCUT2D eigenvalue weighted by Crippen LogP contribution is 2.29. The maximum Gasteiger partial charge on any atom is 0.255 e. The van der Waals surface area contributed by atoms with Crippen molar-refractivity contribution in [3.05, 3.63) is 34.9 Å². The topological polar surface area (TPSA) is 81.8 Å². The summed E-state index contributed by atoms with van der Waals surface area (Å²) in [6, 6.07) is 4.80. The average Bonchev–Trinajstić information content (AvgIpc) is 3.30. The summed E-state index contributed by atoms with van der Waals surface area (Å²) >= 11 is 0. The molecule has 4 rings (SSSR count). The summed E-state index contributed by atoms with van der Waals surface area (Å²) in [5.41, 5.74) is 2.19. The molecule has 7 nitrogen and oxygen atoms in total. The van der Waals surface area contributed by atoms with Crippen molar-refractivity contribution in [2.75, 3.05) is 19.6 Å². The minimum Gasteiger partial charge on any atom is -0.322 e. The second-order valence-corrected chi connectivity index (χ2v) is 7.86. The van der Waals surface area contributed by atoms with E-state index in [1.54, 1.807) is 17.0 Å². The van der Waals surface area contributed by atoms with Gasteiger partial charge in [-0.05, 0) is 36.6 Å². The van der Waals surface area contributed by atoms with Crippen LogP contribution in [0.1, 0.15) is 40.7 Å². The fourth-order valence-corrected chi connectivity index (χ4v) is 4.43. The number of amides is 3. The first-order chi connectivity index (χ1) is 13.9. The molecule has 1 aromatic rings. The van der Waals surface area contributed by atoms with Crippen LogP contribution in [0.4, 0.5) is 8.78 Å². The van der Waals surface area contributed by atoms with E-state index in [1.165, 1.54) is 4.90 Å². The number of nitrogens with zero attached hydrogens (tertiary/aromatic N) is 2. The molecule has 3 aliphatic heterocycles. The molecule has 2 N–H and O–H groups in total. The van der Waals surface area contributed by atoms with Gasteiger partial charge in [-0.1, -0.05) is 12.1 Å². The maximum atomic E-state index is 13.1. The molecule has 0 bridgehead atoms. The number of hydrogen-bond acceptors (Lipinski definition) is 5. The molecule has 3 heterocycles. The number of nitrogens with one attached hydrogen (secondary N) is 2. The number of rotatable bonds is 6. The standard InChI is InChI=1S/C20H24F2N4O3/c21-17(22)11-25(14-5-6-23-8-14)9-12-1-2-15-13(7-12)10-26(20(15)29)16-3-4-18(27)24-19(16)28/h1-2,7,14,16-17,23H,3-6,8-11H2,(H,24,27,28)/t14-,16?/m0/s1. The maximum absolute atomic E-state index is 13.1. The van der Waals surface area contributed by atoms with E-state index in [1.807, 2.05) is 6.07 Å². The second-order valence-electron chi connectivity index (χ2n) is 7.86. The number of halogens is 2. The molecule has 1 aromatic carbocycles. The zero-order valence-electron chi connectivity index (χ0n) is 16.0. The number of hydrogen-bond donors (Lipinski definition) is 2. The zero-order chi connectivity index (χ0) is 20.5. The van der Waals surface area contributed by atoms with Crippen LogP contribution < -0.4 is 10.6 Å². The summed E-state index contributed by atoms with van der Waals surface area (Å²) in [6.45, 7) is 1.90. The van der Waals surface area contributed by atoms with Gasteiger partial charge >= 0.3 is 0 Å². The number of imide groups is 1. The highest BCUT2D eigenvalue weighted by atomic mass is 19.3. The SMILES string of the molecule is O=C1CCC(N2Cc3cc(CN(CC(F)F)[C@H]4CCNC4)ccc3C2=O)C(=O)N1. The van der Waals surface area contributed by atoms with Crippen molar-refractivity contribution in [2.24, 2.45) is 0 Å². The third-order valence-electron chi connectivity index (χ3n) is 5.90. The van der Waals surface area contributed by atoms with Crippen LogP contribution in [0.3, 0.4) is 0 Å². The highest BCUT2D eigenvalue weighted by molar-refractivity contribution is 6.05. The molecule has 9 heteroatoms. The Labute approximate surface area is 167 Å². The summed E-state index contributed by atoms with van der Waals surface area (Å²) in [5, 5.41) is 5.49. The van der Waals surface area contributed by atoms with Crippen molar-refractivity contribution in [2.45, 2.75) is 50.9 Å². The Morgan fingerprint density at radius 1 is 1.21 bits per heavy atom. The number of alkyl halides is 2. The molecule has 0 aromatic heterocycles. The largest absolute Gasteiger partial charge is 0.322 e. The Hall–Kier alpha value is -2.39. The second kappa shape index (κ2) is 8.16. The van der Waals surface area contributed by atoms with Gasteiger partial charge in [0.15, 0.2) is 0 Å². The lowest BCUT2D eigenvalue weighted by Crippen LogP contribution is -2.52. The number of carbonyl (C=O) groups is 3.